The summed E-state index contributed by atoms with van der Waals surface area (Å²) in [6, 6.07) is 6.63. The average Bonchev–Trinajstić information content (AvgIpc) is 2.39. The van der Waals surface area contributed by atoms with Crippen molar-refractivity contribution in [1.82, 2.24) is 4.90 Å². The minimum absolute atomic E-state index is 0.0314. The van der Waals surface area contributed by atoms with Gasteiger partial charge in [0, 0.05) is 32.9 Å². The second-order valence-electron chi connectivity index (χ2n) is 4.62. The molecule has 0 bridgehead atoms. The van der Waals surface area contributed by atoms with Gasteiger partial charge < -0.3 is 14.7 Å². The smallest absolute Gasteiger partial charge is 0.339 e. The number of likely N-dealkylation sites (tertiary alicyclic amines) is 1. The molecule has 0 radical (unpaired) electrons. The number of piperidine rings is 1. The number of carbonyl (C=O) groups excluding carboxylic acids is 1. The zero-order valence-electron chi connectivity index (χ0n) is 10.8. The maximum Gasteiger partial charge on any atom is 0.339 e. The summed E-state index contributed by atoms with van der Waals surface area (Å²) in [5, 5.41) is 9.08. The van der Waals surface area contributed by atoms with E-state index in [9.17, 15) is 9.59 Å². The van der Waals surface area contributed by atoms with Crippen LogP contribution in [0.15, 0.2) is 24.3 Å². The van der Waals surface area contributed by atoms with Crippen LogP contribution in [0.5, 0.6) is 5.75 Å². The Morgan fingerprint density at radius 1 is 1.26 bits per heavy atom. The number of benzene rings is 1. The number of hydrogen-bond acceptors (Lipinski definition) is 3. The Labute approximate surface area is 111 Å². The SMILES string of the molecule is CC(=O)N1CCC(Oc2ccccc2C(=O)O)CC1. The molecule has 19 heavy (non-hydrogen) atoms. The van der Waals surface area contributed by atoms with E-state index in [1.807, 2.05) is 0 Å². The Kier molecular flexibility index (Phi) is 4.04. The van der Waals surface area contributed by atoms with Gasteiger partial charge in [-0.25, -0.2) is 4.79 Å². The molecule has 1 fully saturated rings. The van der Waals surface area contributed by atoms with Gasteiger partial charge in [0.2, 0.25) is 5.91 Å². The highest BCUT2D eigenvalue weighted by Gasteiger charge is 2.23. The highest BCUT2D eigenvalue weighted by Crippen LogP contribution is 2.23. The van der Waals surface area contributed by atoms with Crippen LogP contribution in [0.4, 0.5) is 0 Å². The van der Waals surface area contributed by atoms with Crippen LogP contribution in [0, 0.1) is 0 Å². The first-order valence-electron chi connectivity index (χ1n) is 6.32. The van der Waals surface area contributed by atoms with Gasteiger partial charge in [-0.05, 0) is 12.1 Å². The molecule has 5 nitrogen and oxygen atoms in total. The summed E-state index contributed by atoms with van der Waals surface area (Å²) in [5.74, 6) is -0.516. The van der Waals surface area contributed by atoms with Crippen molar-refractivity contribution in [2.24, 2.45) is 0 Å². The Morgan fingerprint density at radius 3 is 2.47 bits per heavy atom. The Hall–Kier alpha value is -2.04. The molecule has 1 saturated heterocycles. The number of rotatable bonds is 3. The zero-order chi connectivity index (χ0) is 13.8. The summed E-state index contributed by atoms with van der Waals surface area (Å²) < 4.78 is 5.76. The number of carboxylic acid groups (broad SMARTS) is 1. The van der Waals surface area contributed by atoms with E-state index in [0.29, 0.717) is 18.8 Å². The Balaban J connectivity index is 2.00. The van der Waals surface area contributed by atoms with Crippen LogP contribution >= 0.6 is 0 Å². The van der Waals surface area contributed by atoms with Crippen molar-refractivity contribution < 1.29 is 19.4 Å². The number of hydrogen-bond donors (Lipinski definition) is 1. The number of carboxylic acids is 1. The lowest BCUT2D eigenvalue weighted by atomic mass is 10.1. The Morgan fingerprint density at radius 2 is 1.89 bits per heavy atom. The number of aromatic carboxylic acids is 1. The van der Waals surface area contributed by atoms with E-state index in [1.54, 1.807) is 30.0 Å². The summed E-state index contributed by atoms with van der Waals surface area (Å²) in [6.45, 7) is 2.88. The van der Waals surface area contributed by atoms with E-state index in [2.05, 4.69) is 0 Å². The second-order valence-corrected chi connectivity index (χ2v) is 4.62. The fourth-order valence-corrected chi connectivity index (χ4v) is 2.21. The average molecular weight is 263 g/mol. The zero-order valence-corrected chi connectivity index (χ0v) is 10.8. The normalized spacial score (nSPS) is 16.2. The van der Waals surface area contributed by atoms with E-state index in [4.69, 9.17) is 9.84 Å². The van der Waals surface area contributed by atoms with Crippen LogP contribution < -0.4 is 4.74 Å². The molecule has 1 aliphatic heterocycles. The van der Waals surface area contributed by atoms with Crippen molar-refractivity contribution in [2.45, 2.75) is 25.9 Å². The van der Waals surface area contributed by atoms with Gasteiger partial charge in [-0.3, -0.25) is 4.79 Å². The van der Waals surface area contributed by atoms with Crippen LogP contribution in [0.3, 0.4) is 0 Å². The number of ether oxygens (including phenoxy) is 1. The summed E-state index contributed by atoms with van der Waals surface area (Å²) in [4.78, 5) is 24.1. The third-order valence-electron chi connectivity index (χ3n) is 3.30. The van der Waals surface area contributed by atoms with Gasteiger partial charge in [-0.1, -0.05) is 12.1 Å². The topological polar surface area (TPSA) is 66.8 Å². The summed E-state index contributed by atoms with van der Waals surface area (Å²) in [5.41, 5.74) is 0.177. The van der Waals surface area contributed by atoms with Crippen LogP contribution in [-0.2, 0) is 4.79 Å². The third-order valence-corrected chi connectivity index (χ3v) is 3.30. The minimum atomic E-state index is -0.989. The predicted molar refractivity (Wildman–Crippen MR) is 69.3 cm³/mol. The molecule has 0 aromatic heterocycles. The summed E-state index contributed by atoms with van der Waals surface area (Å²) in [7, 11) is 0. The maximum absolute atomic E-state index is 11.2. The van der Waals surface area contributed by atoms with Crippen molar-refractivity contribution in [3.8, 4) is 5.75 Å². The lowest BCUT2D eigenvalue weighted by Crippen LogP contribution is -2.40. The van der Waals surface area contributed by atoms with E-state index < -0.39 is 5.97 Å². The van der Waals surface area contributed by atoms with Gasteiger partial charge >= 0.3 is 5.97 Å². The molecule has 1 amide bonds. The lowest BCUT2D eigenvalue weighted by molar-refractivity contribution is -0.130. The molecular formula is C14H17NO4. The van der Waals surface area contributed by atoms with Gasteiger partial charge in [0.05, 0.1) is 0 Å². The lowest BCUT2D eigenvalue weighted by Gasteiger charge is -2.31. The maximum atomic E-state index is 11.2. The van der Waals surface area contributed by atoms with Gasteiger partial charge in [0.1, 0.15) is 17.4 Å². The molecule has 1 aromatic carbocycles. The summed E-state index contributed by atoms with van der Waals surface area (Å²) >= 11 is 0. The fraction of sp³-hybridized carbons (Fsp3) is 0.429. The molecule has 1 heterocycles. The molecule has 0 aliphatic carbocycles. The third kappa shape index (κ3) is 3.24. The number of amides is 1. The Bertz CT molecular complexity index is 478. The van der Waals surface area contributed by atoms with Gasteiger partial charge in [0.25, 0.3) is 0 Å². The molecule has 102 valence electrons. The number of para-hydroxylation sites is 1. The largest absolute Gasteiger partial charge is 0.489 e. The highest BCUT2D eigenvalue weighted by atomic mass is 16.5. The highest BCUT2D eigenvalue weighted by molar-refractivity contribution is 5.90. The van der Waals surface area contributed by atoms with Crippen LogP contribution in [-0.4, -0.2) is 41.1 Å². The van der Waals surface area contributed by atoms with Crippen molar-refractivity contribution in [2.75, 3.05) is 13.1 Å². The molecule has 5 heteroatoms. The fourth-order valence-electron chi connectivity index (χ4n) is 2.21. The second kappa shape index (κ2) is 5.73. The first-order chi connectivity index (χ1) is 9.08. The van der Waals surface area contributed by atoms with Gasteiger partial charge in [-0.2, -0.15) is 0 Å². The quantitative estimate of drug-likeness (QED) is 0.902. The van der Waals surface area contributed by atoms with Crippen LogP contribution in [0.1, 0.15) is 30.1 Å². The van der Waals surface area contributed by atoms with E-state index in [0.717, 1.165) is 12.8 Å². The van der Waals surface area contributed by atoms with Crippen molar-refractivity contribution in [3.63, 3.8) is 0 Å². The van der Waals surface area contributed by atoms with Crippen LogP contribution in [0.25, 0.3) is 0 Å². The molecule has 0 saturated carbocycles. The van der Waals surface area contributed by atoms with E-state index in [1.165, 1.54) is 6.07 Å². The molecule has 1 aliphatic rings. The standard InChI is InChI=1S/C14H17NO4/c1-10(16)15-8-6-11(7-9-15)19-13-5-3-2-4-12(13)14(17)18/h2-5,11H,6-9H2,1H3,(H,17,18). The predicted octanol–water partition coefficient (Wildman–Crippen LogP) is 1.77. The molecule has 0 atom stereocenters. The molecule has 1 N–H and O–H groups in total. The molecular weight excluding hydrogens is 246 g/mol. The first-order valence-corrected chi connectivity index (χ1v) is 6.32. The monoisotopic (exact) mass is 263 g/mol. The molecule has 0 unspecified atom stereocenters. The van der Waals surface area contributed by atoms with Crippen molar-refractivity contribution in [1.29, 1.82) is 0 Å². The van der Waals surface area contributed by atoms with Crippen LogP contribution in [0.2, 0.25) is 0 Å². The number of nitrogens with zero attached hydrogens (tertiary/aromatic N) is 1. The first kappa shape index (κ1) is 13.4. The van der Waals surface area contributed by atoms with Crippen molar-refractivity contribution >= 4 is 11.9 Å². The molecule has 1 aromatic rings. The van der Waals surface area contributed by atoms with Crippen molar-refractivity contribution in [3.05, 3.63) is 29.8 Å². The molecule has 2 rings (SSSR count). The number of carbonyl (C=O) groups is 2. The van der Waals surface area contributed by atoms with E-state index >= 15 is 0 Å². The molecule has 0 spiro atoms. The summed E-state index contributed by atoms with van der Waals surface area (Å²) in [6.07, 6.45) is 1.43. The van der Waals surface area contributed by atoms with Gasteiger partial charge in [0.15, 0.2) is 0 Å². The van der Waals surface area contributed by atoms with E-state index in [-0.39, 0.29) is 17.6 Å². The minimum Gasteiger partial charge on any atom is -0.489 e. The van der Waals surface area contributed by atoms with Gasteiger partial charge in [-0.15, -0.1) is 0 Å².